The molecule has 20 heavy (non-hydrogen) atoms. The van der Waals surface area contributed by atoms with Gasteiger partial charge >= 0.3 is 5.69 Å². The van der Waals surface area contributed by atoms with Gasteiger partial charge in [0.25, 0.3) is 0 Å². The number of nitrogens with zero attached hydrogens (tertiary/aromatic N) is 4. The fraction of sp³-hybridized carbons (Fsp3) is 0.500. The first-order valence-electron chi connectivity index (χ1n) is 6.81. The molecular weight excluding hydrogens is 256 g/mol. The topological polar surface area (TPSA) is 61.9 Å². The molecule has 0 amide bonds. The first kappa shape index (κ1) is 13.1. The molecule has 0 spiro atoms. The molecule has 2 heterocycles. The predicted molar refractivity (Wildman–Crippen MR) is 74.3 cm³/mol. The van der Waals surface area contributed by atoms with Crippen LogP contribution < -0.4 is 5.69 Å². The summed E-state index contributed by atoms with van der Waals surface area (Å²) in [4.78, 5) is 12.4. The van der Waals surface area contributed by atoms with Crippen LogP contribution in [0, 0.1) is 6.92 Å². The summed E-state index contributed by atoms with van der Waals surface area (Å²) in [5.41, 5.74) is 2.78. The van der Waals surface area contributed by atoms with Gasteiger partial charge in [0.05, 0.1) is 18.9 Å². The Hall–Kier alpha value is -1.95. The van der Waals surface area contributed by atoms with Crippen molar-refractivity contribution in [1.82, 2.24) is 19.8 Å². The van der Waals surface area contributed by atoms with Crippen LogP contribution in [0.15, 0.2) is 23.0 Å². The van der Waals surface area contributed by atoms with Crippen molar-refractivity contribution < 1.29 is 4.74 Å². The molecular formula is C14H18N4O2. The van der Waals surface area contributed by atoms with Crippen LogP contribution in [0.25, 0.3) is 5.69 Å². The van der Waals surface area contributed by atoms with Crippen LogP contribution in [0.5, 0.6) is 0 Å². The normalized spacial score (nSPS) is 15.6. The highest BCUT2D eigenvalue weighted by molar-refractivity contribution is 5.43. The number of ether oxygens (including phenoxy) is 1. The smallest absolute Gasteiger partial charge is 0.368 e. The van der Waals surface area contributed by atoms with Gasteiger partial charge in [0.2, 0.25) is 0 Å². The molecule has 106 valence electrons. The number of tetrazole rings is 1. The van der Waals surface area contributed by atoms with Crippen LogP contribution in [0.1, 0.15) is 36.9 Å². The van der Waals surface area contributed by atoms with Gasteiger partial charge in [-0.25, -0.2) is 4.79 Å². The monoisotopic (exact) mass is 274 g/mol. The molecule has 0 saturated carbocycles. The molecule has 0 aliphatic carbocycles. The summed E-state index contributed by atoms with van der Waals surface area (Å²) < 4.78 is 7.88. The first-order chi connectivity index (χ1) is 9.58. The summed E-state index contributed by atoms with van der Waals surface area (Å²) >= 11 is 0. The zero-order valence-corrected chi connectivity index (χ0v) is 11.9. The van der Waals surface area contributed by atoms with Crippen LogP contribution in [-0.4, -0.2) is 33.0 Å². The number of hydrogen-bond acceptors (Lipinski definition) is 4. The summed E-state index contributed by atoms with van der Waals surface area (Å²) in [6.45, 7) is 7.28. The third-order valence-corrected chi connectivity index (χ3v) is 3.70. The lowest BCUT2D eigenvalue weighted by Crippen LogP contribution is -2.38. The average molecular weight is 274 g/mol. The maximum atomic E-state index is 12.4. The van der Waals surface area contributed by atoms with E-state index in [4.69, 9.17) is 4.74 Å². The Bertz CT molecular complexity index is 683. The minimum atomic E-state index is -0.206. The van der Waals surface area contributed by atoms with Crippen molar-refractivity contribution in [3.8, 4) is 5.69 Å². The second-order valence-electron chi connectivity index (χ2n) is 5.51. The van der Waals surface area contributed by atoms with Gasteiger partial charge < -0.3 is 4.74 Å². The molecule has 1 aromatic carbocycles. The van der Waals surface area contributed by atoms with Gasteiger partial charge in [-0.2, -0.15) is 9.36 Å². The molecule has 6 heteroatoms. The Balaban J connectivity index is 2.06. The van der Waals surface area contributed by atoms with Crippen LogP contribution in [0.2, 0.25) is 0 Å². The highest BCUT2D eigenvalue weighted by Gasteiger charge is 2.25. The number of benzene rings is 1. The molecule has 6 nitrogen and oxygen atoms in total. The lowest BCUT2D eigenvalue weighted by molar-refractivity contribution is -0.0309. The predicted octanol–water partition coefficient (Wildman–Crippen LogP) is 1.43. The van der Waals surface area contributed by atoms with E-state index in [-0.39, 0.29) is 11.7 Å². The van der Waals surface area contributed by atoms with E-state index in [2.05, 4.69) is 30.3 Å². The van der Waals surface area contributed by atoms with Crippen molar-refractivity contribution in [2.24, 2.45) is 0 Å². The Labute approximate surface area is 117 Å². The Kier molecular flexibility index (Phi) is 3.17. The molecule has 3 rings (SSSR count). The molecule has 1 aliphatic heterocycles. The van der Waals surface area contributed by atoms with Gasteiger partial charge in [-0.05, 0) is 40.5 Å². The van der Waals surface area contributed by atoms with E-state index >= 15 is 0 Å². The van der Waals surface area contributed by atoms with E-state index in [1.807, 2.05) is 19.1 Å². The third kappa shape index (κ3) is 2.06. The summed E-state index contributed by atoms with van der Waals surface area (Å²) in [6, 6.07) is 6.13. The van der Waals surface area contributed by atoms with Crippen molar-refractivity contribution in [2.45, 2.75) is 32.7 Å². The molecule has 0 unspecified atom stereocenters. The molecule has 0 atom stereocenters. The van der Waals surface area contributed by atoms with E-state index in [1.54, 1.807) is 0 Å². The van der Waals surface area contributed by atoms with Crippen molar-refractivity contribution in [3.05, 3.63) is 39.8 Å². The van der Waals surface area contributed by atoms with Gasteiger partial charge in [-0.1, -0.05) is 26.0 Å². The molecule has 0 N–H and O–H groups in total. The van der Waals surface area contributed by atoms with E-state index in [9.17, 15) is 4.79 Å². The summed E-state index contributed by atoms with van der Waals surface area (Å²) in [6.07, 6.45) is 0. The van der Waals surface area contributed by atoms with Crippen molar-refractivity contribution in [2.75, 3.05) is 13.2 Å². The lowest BCUT2D eigenvalue weighted by Gasteiger charge is -2.24. The van der Waals surface area contributed by atoms with Crippen LogP contribution in [0.3, 0.4) is 0 Å². The van der Waals surface area contributed by atoms with Crippen LogP contribution in [-0.2, 0) is 4.74 Å². The quantitative estimate of drug-likeness (QED) is 0.849. The molecule has 1 saturated heterocycles. The molecule has 0 bridgehead atoms. The second kappa shape index (κ2) is 4.86. The van der Waals surface area contributed by atoms with Gasteiger partial charge in [-0.3, -0.25) is 0 Å². The fourth-order valence-electron chi connectivity index (χ4n) is 2.22. The largest absolute Gasteiger partial charge is 0.377 e. The van der Waals surface area contributed by atoms with Gasteiger partial charge in [0, 0.05) is 0 Å². The van der Waals surface area contributed by atoms with Gasteiger partial charge in [-0.15, -0.1) is 0 Å². The standard InChI is InChI=1S/C14H18N4O2/c1-9(2)11-5-4-10(3)13(6-11)18-14(19)17(15-16-18)12-7-20-8-12/h4-6,9,12H,7-8H2,1-3H3. The molecule has 1 aromatic heterocycles. The lowest BCUT2D eigenvalue weighted by atomic mass is 10.0. The maximum Gasteiger partial charge on any atom is 0.368 e. The number of hydrogen-bond donors (Lipinski definition) is 0. The Morgan fingerprint density at radius 1 is 1.30 bits per heavy atom. The minimum Gasteiger partial charge on any atom is -0.377 e. The van der Waals surface area contributed by atoms with E-state index in [0.717, 1.165) is 11.3 Å². The Morgan fingerprint density at radius 2 is 2.05 bits per heavy atom. The maximum absolute atomic E-state index is 12.4. The third-order valence-electron chi connectivity index (χ3n) is 3.70. The van der Waals surface area contributed by atoms with Crippen molar-refractivity contribution in [3.63, 3.8) is 0 Å². The molecule has 1 fully saturated rings. The van der Waals surface area contributed by atoms with Gasteiger partial charge in [0.15, 0.2) is 0 Å². The summed E-state index contributed by atoms with van der Waals surface area (Å²) in [5.74, 6) is 0.403. The Morgan fingerprint density at radius 3 is 2.65 bits per heavy atom. The minimum absolute atomic E-state index is 0.0184. The average Bonchev–Trinajstić information content (AvgIpc) is 2.70. The molecule has 2 aromatic rings. The highest BCUT2D eigenvalue weighted by Crippen LogP contribution is 2.20. The van der Waals surface area contributed by atoms with Crippen molar-refractivity contribution in [1.29, 1.82) is 0 Å². The van der Waals surface area contributed by atoms with E-state index < -0.39 is 0 Å². The molecule has 0 radical (unpaired) electrons. The fourth-order valence-corrected chi connectivity index (χ4v) is 2.22. The van der Waals surface area contributed by atoms with Gasteiger partial charge in [0.1, 0.15) is 6.04 Å². The molecule has 1 aliphatic rings. The zero-order valence-electron chi connectivity index (χ0n) is 11.9. The highest BCUT2D eigenvalue weighted by atomic mass is 16.5. The van der Waals surface area contributed by atoms with E-state index in [1.165, 1.54) is 14.9 Å². The van der Waals surface area contributed by atoms with Crippen LogP contribution >= 0.6 is 0 Å². The number of rotatable bonds is 3. The zero-order chi connectivity index (χ0) is 14.3. The summed E-state index contributed by atoms with van der Waals surface area (Å²) in [5, 5.41) is 7.98. The number of aromatic nitrogens is 4. The van der Waals surface area contributed by atoms with Crippen molar-refractivity contribution >= 4 is 0 Å². The summed E-state index contributed by atoms with van der Waals surface area (Å²) in [7, 11) is 0. The first-order valence-corrected chi connectivity index (χ1v) is 6.81. The van der Waals surface area contributed by atoms with Crippen LogP contribution in [0.4, 0.5) is 0 Å². The second-order valence-corrected chi connectivity index (χ2v) is 5.51. The SMILES string of the molecule is Cc1ccc(C(C)C)cc1-n1nnn(C2COC2)c1=O. The number of aryl methyl sites for hydroxylation is 1. The van der Waals surface area contributed by atoms with E-state index in [0.29, 0.717) is 19.1 Å².